The van der Waals surface area contributed by atoms with Crippen LogP contribution in [0.4, 0.5) is 14.9 Å². The Morgan fingerprint density at radius 2 is 2.13 bits per heavy atom. The van der Waals surface area contributed by atoms with Crippen molar-refractivity contribution in [3.8, 4) is 0 Å². The zero-order valence-electron chi connectivity index (χ0n) is 16.8. The van der Waals surface area contributed by atoms with Gasteiger partial charge in [0.2, 0.25) is 0 Å². The number of carbonyl (C=O) groups is 2. The highest BCUT2D eigenvalue weighted by Gasteiger charge is 2.30. The van der Waals surface area contributed by atoms with Crippen molar-refractivity contribution in [2.24, 2.45) is 0 Å². The quantitative estimate of drug-likeness (QED) is 0.636. The number of hydrogen-bond acceptors (Lipinski definition) is 4. The summed E-state index contributed by atoms with van der Waals surface area (Å²) in [6.45, 7) is 1.20. The van der Waals surface area contributed by atoms with Gasteiger partial charge in [-0.3, -0.25) is 14.4 Å². The maximum Gasteiger partial charge on any atom is 0.324 e. The number of urea groups is 1. The average molecular weight is 443 g/mol. The maximum atomic E-state index is 14.4. The highest BCUT2D eigenvalue weighted by Crippen LogP contribution is 2.32. The van der Waals surface area contributed by atoms with Crippen LogP contribution < -0.4 is 10.2 Å². The number of benzene rings is 2. The smallest absolute Gasteiger partial charge is 0.324 e. The Kier molecular flexibility index (Phi) is 5.85. The molecule has 0 atom stereocenters. The Bertz CT molecular complexity index is 1100. The molecule has 3 aromatic rings. The predicted octanol–water partition coefficient (Wildman–Crippen LogP) is 3.07. The van der Waals surface area contributed by atoms with Crippen LogP contribution in [0.1, 0.15) is 21.5 Å². The summed E-state index contributed by atoms with van der Waals surface area (Å²) in [7, 11) is 1.67. The van der Waals surface area contributed by atoms with Gasteiger partial charge in [0.15, 0.2) is 0 Å². The van der Waals surface area contributed by atoms with Crippen molar-refractivity contribution in [1.82, 2.24) is 25.0 Å². The molecule has 2 aromatic carbocycles. The zero-order chi connectivity index (χ0) is 22.0. The summed E-state index contributed by atoms with van der Waals surface area (Å²) in [5, 5.41) is 7.05. The molecule has 10 heteroatoms. The number of hydrogen-bond donors (Lipinski definition) is 1. The molecule has 0 spiro atoms. The third-order valence-corrected chi connectivity index (χ3v) is 5.43. The Morgan fingerprint density at radius 1 is 1.29 bits per heavy atom. The summed E-state index contributed by atoms with van der Waals surface area (Å²) in [6.07, 6.45) is 2.99. The SMILES string of the molecule is CN1Cc2ccc(C(=O)NCCn3cncn3)cc2N(Cc2c(F)cccc2Cl)C1=O. The normalized spacial score (nSPS) is 13.3. The predicted molar refractivity (Wildman–Crippen MR) is 113 cm³/mol. The number of nitrogens with one attached hydrogen (secondary N) is 1. The maximum absolute atomic E-state index is 14.4. The van der Waals surface area contributed by atoms with E-state index in [0.717, 1.165) is 5.56 Å². The highest BCUT2D eigenvalue weighted by atomic mass is 35.5. The van der Waals surface area contributed by atoms with Crippen LogP contribution in [-0.4, -0.2) is 45.2 Å². The molecule has 31 heavy (non-hydrogen) atoms. The lowest BCUT2D eigenvalue weighted by molar-refractivity contribution is 0.0951. The van der Waals surface area contributed by atoms with E-state index in [9.17, 15) is 14.0 Å². The van der Waals surface area contributed by atoms with Crippen molar-refractivity contribution in [2.45, 2.75) is 19.6 Å². The molecule has 160 valence electrons. The van der Waals surface area contributed by atoms with Crippen LogP contribution >= 0.6 is 11.6 Å². The summed E-state index contributed by atoms with van der Waals surface area (Å²) in [5.41, 5.74) is 2.04. The molecule has 0 fully saturated rings. The number of halogens is 2. The van der Waals surface area contributed by atoms with Gasteiger partial charge in [0.1, 0.15) is 18.5 Å². The standard InChI is InChI=1S/C21H20ClFN6O2/c1-27-10-15-6-5-14(20(30)25-7-8-28-13-24-12-26-28)9-19(15)29(21(27)31)11-16-17(22)3-2-4-18(16)23/h2-6,9,12-13H,7-8,10-11H2,1H3,(H,25,30). The number of amides is 3. The average Bonchev–Trinajstić information content (AvgIpc) is 3.26. The number of nitrogens with zero attached hydrogens (tertiary/aromatic N) is 5. The number of anilines is 1. The van der Waals surface area contributed by atoms with Crippen LogP contribution in [0.5, 0.6) is 0 Å². The van der Waals surface area contributed by atoms with Crippen LogP contribution in [-0.2, 0) is 19.6 Å². The summed E-state index contributed by atoms with van der Waals surface area (Å²) in [5.74, 6) is -0.768. The Labute approximate surface area is 183 Å². The van der Waals surface area contributed by atoms with Crippen LogP contribution in [0.2, 0.25) is 5.02 Å². The van der Waals surface area contributed by atoms with Gasteiger partial charge in [0, 0.05) is 36.3 Å². The van der Waals surface area contributed by atoms with E-state index in [2.05, 4.69) is 15.4 Å². The van der Waals surface area contributed by atoms with Crippen molar-refractivity contribution in [1.29, 1.82) is 0 Å². The molecule has 0 saturated heterocycles. The molecule has 1 aliphatic heterocycles. The van der Waals surface area contributed by atoms with Gasteiger partial charge >= 0.3 is 6.03 Å². The third kappa shape index (κ3) is 4.36. The van der Waals surface area contributed by atoms with E-state index in [0.29, 0.717) is 30.9 Å². The van der Waals surface area contributed by atoms with Crippen molar-refractivity contribution < 1.29 is 14.0 Å². The number of aromatic nitrogens is 3. The fourth-order valence-electron chi connectivity index (χ4n) is 3.45. The Morgan fingerprint density at radius 3 is 2.87 bits per heavy atom. The minimum atomic E-state index is -0.489. The second kappa shape index (κ2) is 8.73. The molecule has 0 unspecified atom stereocenters. The van der Waals surface area contributed by atoms with E-state index in [1.807, 2.05) is 0 Å². The monoisotopic (exact) mass is 442 g/mol. The lowest BCUT2D eigenvalue weighted by atomic mass is 10.0. The van der Waals surface area contributed by atoms with Crippen LogP contribution in [0, 0.1) is 5.82 Å². The third-order valence-electron chi connectivity index (χ3n) is 5.07. The highest BCUT2D eigenvalue weighted by molar-refractivity contribution is 6.31. The first-order valence-electron chi connectivity index (χ1n) is 9.63. The minimum absolute atomic E-state index is 0.0426. The Balaban J connectivity index is 1.57. The van der Waals surface area contributed by atoms with Crippen molar-refractivity contribution >= 4 is 29.2 Å². The molecule has 0 bridgehead atoms. The first kappa shape index (κ1) is 20.8. The summed E-state index contributed by atoms with van der Waals surface area (Å²) in [6, 6.07) is 9.27. The molecule has 8 nitrogen and oxygen atoms in total. The lowest BCUT2D eigenvalue weighted by Gasteiger charge is -2.35. The van der Waals surface area contributed by atoms with E-state index in [4.69, 9.17) is 11.6 Å². The van der Waals surface area contributed by atoms with Crippen LogP contribution in [0.3, 0.4) is 0 Å². The molecule has 4 rings (SSSR count). The van der Waals surface area contributed by atoms with E-state index >= 15 is 0 Å². The summed E-state index contributed by atoms with van der Waals surface area (Å²) in [4.78, 5) is 32.3. The lowest BCUT2D eigenvalue weighted by Crippen LogP contribution is -2.45. The molecule has 1 aromatic heterocycles. The number of rotatable bonds is 6. The largest absolute Gasteiger partial charge is 0.350 e. The van der Waals surface area contributed by atoms with E-state index in [1.165, 1.54) is 28.3 Å². The van der Waals surface area contributed by atoms with Crippen molar-refractivity contribution in [3.63, 3.8) is 0 Å². The van der Waals surface area contributed by atoms with E-state index in [-0.39, 0.29) is 29.1 Å². The molecule has 0 radical (unpaired) electrons. The molecule has 3 amide bonds. The molecular weight excluding hydrogens is 423 g/mol. The molecule has 2 heterocycles. The van der Waals surface area contributed by atoms with Gasteiger partial charge in [0.25, 0.3) is 5.91 Å². The molecule has 0 saturated carbocycles. The van der Waals surface area contributed by atoms with Gasteiger partial charge in [-0.15, -0.1) is 0 Å². The summed E-state index contributed by atoms with van der Waals surface area (Å²) < 4.78 is 16.0. The fourth-order valence-corrected chi connectivity index (χ4v) is 3.67. The number of carbonyl (C=O) groups excluding carboxylic acids is 2. The minimum Gasteiger partial charge on any atom is -0.350 e. The molecular formula is C21H20ClFN6O2. The second-order valence-corrected chi connectivity index (χ2v) is 7.59. The van der Waals surface area contributed by atoms with Gasteiger partial charge in [-0.25, -0.2) is 14.2 Å². The van der Waals surface area contributed by atoms with Crippen LogP contribution in [0.25, 0.3) is 0 Å². The van der Waals surface area contributed by atoms with Gasteiger partial charge < -0.3 is 10.2 Å². The molecule has 0 aliphatic carbocycles. The van der Waals surface area contributed by atoms with Gasteiger partial charge in [-0.05, 0) is 29.8 Å². The molecule has 1 aliphatic rings. The fraction of sp³-hybridized carbons (Fsp3) is 0.238. The number of fused-ring (bicyclic) bond motifs is 1. The van der Waals surface area contributed by atoms with E-state index in [1.54, 1.807) is 42.3 Å². The first-order valence-corrected chi connectivity index (χ1v) is 10.0. The van der Waals surface area contributed by atoms with Gasteiger partial charge in [0.05, 0.1) is 18.8 Å². The van der Waals surface area contributed by atoms with Crippen LogP contribution in [0.15, 0.2) is 49.1 Å². The Hall–Kier alpha value is -3.46. The first-order chi connectivity index (χ1) is 14.9. The molecule has 1 N–H and O–H groups in total. The van der Waals surface area contributed by atoms with Crippen molar-refractivity contribution in [2.75, 3.05) is 18.5 Å². The van der Waals surface area contributed by atoms with E-state index < -0.39 is 5.82 Å². The topological polar surface area (TPSA) is 83.4 Å². The zero-order valence-corrected chi connectivity index (χ0v) is 17.5. The van der Waals surface area contributed by atoms with Gasteiger partial charge in [-0.2, -0.15) is 5.10 Å². The second-order valence-electron chi connectivity index (χ2n) is 7.18. The van der Waals surface area contributed by atoms with Crippen molar-refractivity contribution in [3.05, 3.63) is 76.6 Å². The van der Waals surface area contributed by atoms with Gasteiger partial charge in [-0.1, -0.05) is 23.7 Å². The summed E-state index contributed by atoms with van der Waals surface area (Å²) >= 11 is 6.17.